The molecule has 0 bridgehead atoms. The molecule has 1 aliphatic heterocycles. The molecule has 1 saturated heterocycles. The maximum absolute atomic E-state index is 12.9. The van der Waals surface area contributed by atoms with E-state index in [-0.39, 0.29) is 24.6 Å². The van der Waals surface area contributed by atoms with Gasteiger partial charge in [-0.05, 0) is 49.8 Å². The number of ether oxygens (including phenoxy) is 1. The van der Waals surface area contributed by atoms with Gasteiger partial charge in [0.15, 0.2) is 0 Å². The Morgan fingerprint density at radius 2 is 2.03 bits per heavy atom. The Morgan fingerprint density at radius 1 is 1.27 bits per heavy atom. The van der Waals surface area contributed by atoms with Crippen molar-refractivity contribution in [3.8, 4) is 0 Å². The smallest absolute Gasteiger partial charge is 0.410 e. The Kier molecular flexibility index (Phi) is 7.75. The number of nitrogens with one attached hydrogen (secondary N) is 2. The molecule has 8 nitrogen and oxygen atoms in total. The molecule has 30 heavy (non-hydrogen) atoms. The molecule has 1 aromatic carbocycles. The number of nitrogens with zero attached hydrogens (tertiary/aromatic N) is 3. The number of amides is 2. The Hall–Kier alpha value is -2.97. The summed E-state index contributed by atoms with van der Waals surface area (Å²) < 4.78 is 18.3. The van der Waals surface area contributed by atoms with E-state index in [0.717, 1.165) is 16.8 Å². The van der Waals surface area contributed by atoms with Crippen molar-refractivity contribution in [1.82, 2.24) is 25.6 Å². The van der Waals surface area contributed by atoms with Gasteiger partial charge in [-0.25, -0.2) is 9.18 Å². The van der Waals surface area contributed by atoms with Crippen molar-refractivity contribution in [3.63, 3.8) is 0 Å². The number of alkyl halides is 1. The third-order valence-electron chi connectivity index (χ3n) is 5.13. The number of hydrogen-bond acceptors (Lipinski definition) is 5. The van der Waals surface area contributed by atoms with Crippen molar-refractivity contribution in [1.29, 1.82) is 0 Å². The fourth-order valence-corrected chi connectivity index (χ4v) is 3.63. The van der Waals surface area contributed by atoms with Crippen LogP contribution in [0, 0.1) is 6.92 Å². The first-order chi connectivity index (χ1) is 14.5. The zero-order valence-electron chi connectivity index (χ0n) is 17.2. The lowest BCUT2D eigenvalue weighted by molar-refractivity contribution is -0.122. The molecular formula is C21H28FN5O3. The van der Waals surface area contributed by atoms with Crippen molar-refractivity contribution in [2.45, 2.75) is 58.4 Å². The highest BCUT2D eigenvalue weighted by Crippen LogP contribution is 2.15. The molecule has 2 N–H and O–H groups in total. The minimum absolute atomic E-state index is 0.0163. The molecule has 0 radical (unpaired) electrons. The lowest BCUT2D eigenvalue weighted by Gasteiger charge is -2.31. The summed E-state index contributed by atoms with van der Waals surface area (Å²) in [6.07, 6.45) is 4.53. The van der Waals surface area contributed by atoms with Crippen LogP contribution in [0.5, 0.6) is 0 Å². The quantitative estimate of drug-likeness (QED) is 0.688. The monoisotopic (exact) mass is 417 g/mol. The van der Waals surface area contributed by atoms with Gasteiger partial charge in [0.05, 0.1) is 11.9 Å². The van der Waals surface area contributed by atoms with E-state index >= 15 is 0 Å². The second kappa shape index (κ2) is 10.7. The summed E-state index contributed by atoms with van der Waals surface area (Å²) in [7, 11) is 0. The number of H-pyrrole nitrogens is 1. The highest BCUT2D eigenvalue weighted by atomic mass is 19.1. The first-order valence-electron chi connectivity index (χ1n) is 10.2. The van der Waals surface area contributed by atoms with Gasteiger partial charge in [0.1, 0.15) is 13.3 Å². The largest absolute Gasteiger partial charge is 0.445 e. The number of benzene rings is 1. The highest BCUT2D eigenvalue weighted by Gasteiger charge is 2.24. The molecule has 2 amide bonds. The van der Waals surface area contributed by atoms with Gasteiger partial charge in [-0.15, -0.1) is 0 Å². The summed E-state index contributed by atoms with van der Waals surface area (Å²) in [4.78, 5) is 26.1. The summed E-state index contributed by atoms with van der Waals surface area (Å²) >= 11 is 0. The Labute approximate surface area is 175 Å². The van der Waals surface area contributed by atoms with E-state index in [1.807, 2.05) is 13.0 Å². The predicted octanol–water partition coefficient (Wildman–Crippen LogP) is 2.82. The molecule has 0 saturated carbocycles. The molecule has 1 aromatic heterocycles. The van der Waals surface area contributed by atoms with E-state index in [9.17, 15) is 14.0 Å². The van der Waals surface area contributed by atoms with Gasteiger partial charge in [0, 0.05) is 25.6 Å². The van der Waals surface area contributed by atoms with Crippen molar-refractivity contribution in [2.24, 2.45) is 0 Å². The zero-order chi connectivity index (χ0) is 21.3. The first-order valence-corrected chi connectivity index (χ1v) is 10.2. The fourth-order valence-electron chi connectivity index (χ4n) is 3.63. The van der Waals surface area contributed by atoms with Gasteiger partial charge in [-0.3, -0.25) is 4.79 Å². The molecule has 2 aromatic rings. The highest BCUT2D eigenvalue weighted by molar-refractivity contribution is 5.76. The molecule has 162 valence electrons. The molecule has 0 unspecified atom stereocenters. The lowest BCUT2D eigenvalue weighted by Crippen LogP contribution is -2.46. The number of piperidine rings is 1. The predicted molar refractivity (Wildman–Crippen MR) is 108 cm³/mol. The minimum Gasteiger partial charge on any atom is -0.445 e. The van der Waals surface area contributed by atoms with E-state index in [2.05, 4.69) is 20.7 Å². The number of aromatic nitrogens is 3. The number of carbonyl (C=O) groups is 2. The summed E-state index contributed by atoms with van der Waals surface area (Å²) in [5.41, 5.74) is 3.15. The average molecular weight is 417 g/mol. The third-order valence-corrected chi connectivity index (χ3v) is 5.13. The molecule has 1 fully saturated rings. The summed E-state index contributed by atoms with van der Waals surface area (Å²) in [5, 5.41) is 13.3. The van der Waals surface area contributed by atoms with Crippen LogP contribution in [-0.2, 0) is 29.2 Å². The van der Waals surface area contributed by atoms with E-state index in [4.69, 9.17) is 4.74 Å². The van der Waals surface area contributed by atoms with Crippen molar-refractivity contribution >= 4 is 12.0 Å². The van der Waals surface area contributed by atoms with E-state index in [1.54, 1.807) is 23.2 Å². The molecule has 0 spiro atoms. The van der Waals surface area contributed by atoms with Crippen molar-refractivity contribution in [3.05, 3.63) is 46.8 Å². The standard InChI is InChI=1S/C21H28FN5O3/c1-15-9-16(12-22)11-17(10-15)14-30-21(29)27-7-5-18(6-8-27)24-20(28)4-2-3-19-13-23-26-25-19/h9-11,13,18H,2-8,12,14H2,1H3,(H,24,28)(H,23,25,26). The van der Waals surface area contributed by atoms with E-state index in [1.165, 1.54) is 0 Å². The number of halogens is 1. The number of rotatable bonds is 8. The Morgan fingerprint density at radius 3 is 2.73 bits per heavy atom. The topological polar surface area (TPSA) is 100 Å². The second-order valence-electron chi connectivity index (χ2n) is 7.66. The van der Waals surface area contributed by atoms with Crippen LogP contribution in [0.4, 0.5) is 9.18 Å². The van der Waals surface area contributed by atoms with Crippen LogP contribution < -0.4 is 5.32 Å². The number of aromatic amines is 1. The third kappa shape index (κ3) is 6.53. The van der Waals surface area contributed by atoms with Crippen LogP contribution >= 0.6 is 0 Å². The van der Waals surface area contributed by atoms with Crippen molar-refractivity contribution in [2.75, 3.05) is 13.1 Å². The maximum Gasteiger partial charge on any atom is 0.410 e. The summed E-state index contributed by atoms with van der Waals surface area (Å²) in [6.45, 7) is 2.54. The van der Waals surface area contributed by atoms with Crippen LogP contribution in [0.3, 0.4) is 0 Å². The molecule has 0 aliphatic carbocycles. The van der Waals surface area contributed by atoms with Crippen LogP contribution in [0.2, 0.25) is 0 Å². The zero-order valence-corrected chi connectivity index (χ0v) is 17.2. The molecule has 1 aliphatic rings. The normalized spacial score (nSPS) is 14.5. The molecule has 2 heterocycles. The Balaban J connectivity index is 1.34. The van der Waals surface area contributed by atoms with Crippen molar-refractivity contribution < 1.29 is 18.7 Å². The Bertz CT molecular complexity index is 835. The summed E-state index contributed by atoms with van der Waals surface area (Å²) in [5.74, 6) is 0.0163. The maximum atomic E-state index is 12.9. The van der Waals surface area contributed by atoms with Crippen LogP contribution in [0.15, 0.2) is 24.4 Å². The van der Waals surface area contributed by atoms with Gasteiger partial charge < -0.3 is 15.0 Å². The minimum atomic E-state index is -0.540. The van der Waals surface area contributed by atoms with Gasteiger partial charge in [-0.2, -0.15) is 15.4 Å². The van der Waals surface area contributed by atoms with E-state index < -0.39 is 6.67 Å². The van der Waals surface area contributed by atoms with Crippen LogP contribution in [-0.4, -0.2) is 51.4 Å². The average Bonchev–Trinajstić information content (AvgIpc) is 3.25. The molecule has 9 heteroatoms. The van der Waals surface area contributed by atoms with Gasteiger partial charge in [0.2, 0.25) is 5.91 Å². The molecule has 0 atom stereocenters. The van der Waals surface area contributed by atoms with Crippen LogP contribution in [0.1, 0.15) is 48.1 Å². The lowest BCUT2D eigenvalue weighted by atomic mass is 10.0. The van der Waals surface area contributed by atoms with Gasteiger partial charge in [0.25, 0.3) is 0 Å². The summed E-state index contributed by atoms with van der Waals surface area (Å²) in [6, 6.07) is 5.44. The second-order valence-corrected chi connectivity index (χ2v) is 7.66. The first kappa shape index (κ1) is 21.7. The number of carbonyl (C=O) groups excluding carboxylic acids is 2. The number of likely N-dealkylation sites (tertiary alicyclic amines) is 1. The molecular weight excluding hydrogens is 389 g/mol. The molecule has 3 rings (SSSR count). The SMILES string of the molecule is Cc1cc(CF)cc(COC(=O)N2CCC(NC(=O)CCCc3cn[nH]n3)CC2)c1. The fraction of sp³-hybridized carbons (Fsp3) is 0.524. The number of aryl methyl sites for hydroxylation is 2. The van der Waals surface area contributed by atoms with E-state index in [0.29, 0.717) is 50.8 Å². The van der Waals surface area contributed by atoms with Gasteiger partial charge >= 0.3 is 6.09 Å². The number of hydrogen-bond donors (Lipinski definition) is 2. The van der Waals surface area contributed by atoms with Gasteiger partial charge in [-0.1, -0.05) is 17.7 Å². The van der Waals surface area contributed by atoms with Crippen LogP contribution in [0.25, 0.3) is 0 Å².